The predicted molar refractivity (Wildman–Crippen MR) is 110 cm³/mol. The SMILES string of the molecule is COc1ccc(OC)c(C(C)NC(=O)C(C)Oc2ccc3ccccc3c2)c1. The first-order valence-corrected chi connectivity index (χ1v) is 9.19. The standard InChI is InChI=1S/C23H25NO4/c1-15(21-14-19(26-3)11-12-22(21)27-4)24-23(25)16(2)28-20-10-9-17-7-5-6-8-18(17)13-20/h5-16H,1-4H3,(H,24,25). The van der Waals surface area contributed by atoms with E-state index in [0.29, 0.717) is 17.2 Å². The van der Waals surface area contributed by atoms with E-state index >= 15 is 0 Å². The summed E-state index contributed by atoms with van der Waals surface area (Å²) in [5, 5.41) is 5.18. The van der Waals surface area contributed by atoms with Gasteiger partial charge >= 0.3 is 0 Å². The van der Waals surface area contributed by atoms with Crippen molar-refractivity contribution in [3.05, 3.63) is 66.2 Å². The van der Waals surface area contributed by atoms with Crippen molar-refractivity contribution in [3.8, 4) is 17.2 Å². The molecular formula is C23H25NO4. The lowest BCUT2D eigenvalue weighted by atomic mass is 10.1. The van der Waals surface area contributed by atoms with Crippen LogP contribution in [0.5, 0.6) is 17.2 Å². The molecule has 5 heteroatoms. The smallest absolute Gasteiger partial charge is 0.261 e. The summed E-state index contributed by atoms with van der Waals surface area (Å²) < 4.78 is 16.5. The van der Waals surface area contributed by atoms with Gasteiger partial charge in [0.1, 0.15) is 17.2 Å². The monoisotopic (exact) mass is 379 g/mol. The molecule has 0 aliphatic heterocycles. The van der Waals surface area contributed by atoms with Crippen molar-refractivity contribution in [2.75, 3.05) is 14.2 Å². The lowest BCUT2D eigenvalue weighted by Gasteiger charge is -2.21. The van der Waals surface area contributed by atoms with Gasteiger partial charge in [-0.2, -0.15) is 0 Å². The van der Waals surface area contributed by atoms with Crippen LogP contribution in [0, 0.1) is 0 Å². The molecule has 0 aromatic heterocycles. The highest BCUT2D eigenvalue weighted by Gasteiger charge is 2.20. The van der Waals surface area contributed by atoms with E-state index in [1.165, 1.54) is 0 Å². The van der Waals surface area contributed by atoms with Crippen LogP contribution in [0.2, 0.25) is 0 Å². The van der Waals surface area contributed by atoms with Crippen LogP contribution < -0.4 is 19.5 Å². The Kier molecular flexibility index (Phi) is 6.04. The molecule has 2 atom stereocenters. The third-order valence-electron chi connectivity index (χ3n) is 4.67. The van der Waals surface area contributed by atoms with Crippen LogP contribution in [0.15, 0.2) is 60.7 Å². The first-order valence-electron chi connectivity index (χ1n) is 9.19. The maximum absolute atomic E-state index is 12.6. The Bertz CT molecular complexity index is 970. The number of amides is 1. The van der Waals surface area contributed by atoms with Gasteiger partial charge in [-0.1, -0.05) is 30.3 Å². The fourth-order valence-electron chi connectivity index (χ4n) is 3.08. The van der Waals surface area contributed by atoms with Crippen LogP contribution in [0.3, 0.4) is 0 Å². The Morgan fingerprint density at radius 1 is 0.857 bits per heavy atom. The highest BCUT2D eigenvalue weighted by molar-refractivity contribution is 5.84. The summed E-state index contributed by atoms with van der Waals surface area (Å²) in [7, 11) is 3.21. The Morgan fingerprint density at radius 3 is 2.29 bits per heavy atom. The van der Waals surface area contributed by atoms with Crippen molar-refractivity contribution < 1.29 is 19.0 Å². The van der Waals surface area contributed by atoms with E-state index in [1.807, 2.05) is 67.6 Å². The van der Waals surface area contributed by atoms with Gasteiger partial charge in [-0.05, 0) is 55.0 Å². The zero-order valence-corrected chi connectivity index (χ0v) is 16.6. The van der Waals surface area contributed by atoms with Crippen LogP contribution in [0.25, 0.3) is 10.8 Å². The van der Waals surface area contributed by atoms with Gasteiger partial charge in [-0.3, -0.25) is 4.79 Å². The normalized spacial score (nSPS) is 12.9. The summed E-state index contributed by atoms with van der Waals surface area (Å²) in [6.45, 7) is 3.64. The summed E-state index contributed by atoms with van der Waals surface area (Å²) in [4.78, 5) is 12.6. The zero-order chi connectivity index (χ0) is 20.1. The van der Waals surface area contributed by atoms with Crippen molar-refractivity contribution in [1.82, 2.24) is 5.32 Å². The second-order valence-electron chi connectivity index (χ2n) is 6.61. The molecule has 0 saturated carbocycles. The summed E-state index contributed by atoms with van der Waals surface area (Å²) in [6.07, 6.45) is -0.639. The second-order valence-corrected chi connectivity index (χ2v) is 6.61. The van der Waals surface area contributed by atoms with E-state index in [4.69, 9.17) is 14.2 Å². The lowest BCUT2D eigenvalue weighted by Crippen LogP contribution is -2.37. The first kappa shape index (κ1) is 19.5. The minimum Gasteiger partial charge on any atom is -0.497 e. The van der Waals surface area contributed by atoms with E-state index in [9.17, 15) is 4.79 Å². The number of fused-ring (bicyclic) bond motifs is 1. The molecule has 0 aliphatic carbocycles. The van der Waals surface area contributed by atoms with E-state index in [-0.39, 0.29) is 11.9 Å². The molecule has 3 rings (SSSR count). The highest BCUT2D eigenvalue weighted by atomic mass is 16.5. The number of methoxy groups -OCH3 is 2. The van der Waals surface area contributed by atoms with Crippen LogP contribution in [-0.4, -0.2) is 26.2 Å². The average molecular weight is 379 g/mol. The number of rotatable bonds is 7. The second kappa shape index (κ2) is 8.65. The number of carbonyl (C=O) groups excluding carboxylic acids is 1. The fraction of sp³-hybridized carbons (Fsp3) is 0.261. The summed E-state index contributed by atoms with van der Waals surface area (Å²) in [6, 6.07) is 19.1. The molecule has 146 valence electrons. The molecule has 5 nitrogen and oxygen atoms in total. The number of carbonyl (C=O) groups is 1. The third kappa shape index (κ3) is 4.36. The lowest BCUT2D eigenvalue weighted by molar-refractivity contribution is -0.127. The largest absolute Gasteiger partial charge is 0.497 e. The van der Waals surface area contributed by atoms with Crippen molar-refractivity contribution in [3.63, 3.8) is 0 Å². The van der Waals surface area contributed by atoms with Gasteiger partial charge in [-0.25, -0.2) is 0 Å². The van der Waals surface area contributed by atoms with Crippen LogP contribution in [-0.2, 0) is 4.79 Å². The summed E-state index contributed by atoms with van der Waals surface area (Å²) in [5.74, 6) is 1.85. The maximum atomic E-state index is 12.6. The zero-order valence-electron chi connectivity index (χ0n) is 16.6. The van der Waals surface area contributed by atoms with Gasteiger partial charge in [0.2, 0.25) is 0 Å². The first-order chi connectivity index (χ1) is 13.5. The van der Waals surface area contributed by atoms with E-state index in [0.717, 1.165) is 16.3 Å². The van der Waals surface area contributed by atoms with E-state index < -0.39 is 6.10 Å². The van der Waals surface area contributed by atoms with Crippen molar-refractivity contribution in [2.45, 2.75) is 26.0 Å². The minimum absolute atomic E-state index is 0.203. The van der Waals surface area contributed by atoms with E-state index in [2.05, 4.69) is 5.32 Å². The van der Waals surface area contributed by atoms with Gasteiger partial charge in [0.15, 0.2) is 6.10 Å². The van der Waals surface area contributed by atoms with Gasteiger partial charge in [0.25, 0.3) is 5.91 Å². The molecule has 3 aromatic carbocycles. The molecule has 28 heavy (non-hydrogen) atoms. The number of benzene rings is 3. The number of nitrogens with one attached hydrogen (secondary N) is 1. The number of ether oxygens (including phenoxy) is 3. The summed E-state index contributed by atoms with van der Waals surface area (Å²) in [5.41, 5.74) is 0.841. The summed E-state index contributed by atoms with van der Waals surface area (Å²) >= 11 is 0. The van der Waals surface area contributed by atoms with Crippen molar-refractivity contribution in [1.29, 1.82) is 0 Å². The number of hydrogen-bond acceptors (Lipinski definition) is 4. The molecular weight excluding hydrogens is 354 g/mol. The Morgan fingerprint density at radius 2 is 1.57 bits per heavy atom. The fourth-order valence-corrected chi connectivity index (χ4v) is 3.08. The predicted octanol–water partition coefficient (Wildman–Crippen LogP) is 4.50. The van der Waals surface area contributed by atoms with Gasteiger partial charge in [0.05, 0.1) is 20.3 Å². The molecule has 0 bridgehead atoms. The molecule has 2 unspecified atom stereocenters. The van der Waals surface area contributed by atoms with Gasteiger partial charge in [-0.15, -0.1) is 0 Å². The minimum atomic E-state index is -0.639. The highest BCUT2D eigenvalue weighted by Crippen LogP contribution is 2.29. The van der Waals surface area contributed by atoms with Gasteiger partial charge in [0, 0.05) is 5.56 Å². The molecule has 0 heterocycles. The molecule has 0 fully saturated rings. The topological polar surface area (TPSA) is 56.8 Å². The number of hydrogen-bond donors (Lipinski definition) is 1. The molecule has 0 aliphatic rings. The van der Waals surface area contributed by atoms with Crippen molar-refractivity contribution in [2.24, 2.45) is 0 Å². The maximum Gasteiger partial charge on any atom is 0.261 e. The van der Waals surface area contributed by atoms with Crippen molar-refractivity contribution >= 4 is 16.7 Å². The van der Waals surface area contributed by atoms with Crippen LogP contribution in [0.1, 0.15) is 25.5 Å². The van der Waals surface area contributed by atoms with E-state index in [1.54, 1.807) is 21.1 Å². The molecule has 1 N–H and O–H groups in total. The average Bonchev–Trinajstić information content (AvgIpc) is 2.72. The Labute approximate surface area is 165 Å². The molecule has 1 amide bonds. The van der Waals surface area contributed by atoms with Crippen LogP contribution >= 0.6 is 0 Å². The molecule has 0 saturated heterocycles. The molecule has 0 radical (unpaired) electrons. The molecule has 3 aromatic rings. The quantitative estimate of drug-likeness (QED) is 0.657. The van der Waals surface area contributed by atoms with Crippen LogP contribution in [0.4, 0.5) is 0 Å². The molecule has 0 spiro atoms. The van der Waals surface area contributed by atoms with Gasteiger partial charge < -0.3 is 19.5 Å². The third-order valence-corrected chi connectivity index (χ3v) is 4.67. The Hall–Kier alpha value is -3.21. The Balaban J connectivity index is 1.69.